The van der Waals surface area contributed by atoms with Gasteiger partial charge in [-0.15, -0.1) is 0 Å². The maximum absolute atomic E-state index is 12.8. The van der Waals surface area contributed by atoms with Gasteiger partial charge in [0.1, 0.15) is 12.7 Å². The minimum atomic E-state index is -1.10. The molecule has 4 rings (SSSR count). The highest BCUT2D eigenvalue weighted by Crippen LogP contribution is 2.29. The summed E-state index contributed by atoms with van der Waals surface area (Å²) in [5, 5.41) is 0. The van der Waals surface area contributed by atoms with Crippen molar-refractivity contribution in [3.05, 3.63) is 108 Å². The Balaban J connectivity index is 1.54. The van der Waals surface area contributed by atoms with Crippen LogP contribution in [0.4, 0.5) is 0 Å². The second-order valence-electron chi connectivity index (χ2n) is 7.72. The molecule has 0 bridgehead atoms. The lowest BCUT2D eigenvalue weighted by atomic mass is 10.1. The molecule has 0 saturated carbocycles. The third-order valence-electron chi connectivity index (χ3n) is 5.39. The van der Waals surface area contributed by atoms with Gasteiger partial charge in [-0.05, 0) is 36.4 Å². The summed E-state index contributed by atoms with van der Waals surface area (Å²) in [4.78, 5) is 38.0. The van der Waals surface area contributed by atoms with Crippen molar-refractivity contribution in [3.8, 4) is 0 Å². The Morgan fingerprint density at radius 2 is 1.09 bits per heavy atom. The van der Waals surface area contributed by atoms with Crippen LogP contribution in [0, 0.1) is 0 Å². The molecule has 180 valence electrons. The first kappa shape index (κ1) is 24.1. The van der Waals surface area contributed by atoms with E-state index in [0.717, 1.165) is 0 Å². The second kappa shape index (κ2) is 11.4. The average molecular weight is 476 g/mol. The molecular weight excluding hydrogens is 452 g/mol. The van der Waals surface area contributed by atoms with Crippen LogP contribution in [0.1, 0.15) is 31.1 Å². The van der Waals surface area contributed by atoms with Crippen LogP contribution in [0.2, 0.25) is 0 Å². The molecule has 3 aromatic carbocycles. The summed E-state index contributed by atoms with van der Waals surface area (Å²) in [5.41, 5.74) is 0.981. The minimum Gasteiger partial charge on any atom is -0.459 e. The lowest BCUT2D eigenvalue weighted by Crippen LogP contribution is -2.42. The Hall–Kier alpha value is -4.01. The normalized spacial score (nSPS) is 21.2. The number of methoxy groups -OCH3 is 1. The highest BCUT2D eigenvalue weighted by Gasteiger charge is 2.50. The highest BCUT2D eigenvalue weighted by molar-refractivity contribution is 5.90. The molecule has 35 heavy (non-hydrogen) atoms. The first-order chi connectivity index (χ1) is 17.1. The molecule has 8 heteroatoms. The van der Waals surface area contributed by atoms with E-state index in [1.165, 1.54) is 7.11 Å². The molecular formula is C27H24O8. The largest absolute Gasteiger partial charge is 0.459 e. The van der Waals surface area contributed by atoms with E-state index in [1.54, 1.807) is 91.0 Å². The van der Waals surface area contributed by atoms with Crippen LogP contribution in [0.15, 0.2) is 91.0 Å². The maximum Gasteiger partial charge on any atom is 0.338 e. The molecule has 0 spiro atoms. The number of hydrogen-bond acceptors (Lipinski definition) is 8. The topological polar surface area (TPSA) is 97.4 Å². The average Bonchev–Trinajstić information content (AvgIpc) is 3.24. The van der Waals surface area contributed by atoms with Crippen LogP contribution in [0.5, 0.6) is 0 Å². The van der Waals surface area contributed by atoms with Gasteiger partial charge in [-0.1, -0.05) is 54.6 Å². The van der Waals surface area contributed by atoms with E-state index in [-0.39, 0.29) is 6.61 Å². The van der Waals surface area contributed by atoms with Crippen molar-refractivity contribution in [2.45, 2.75) is 24.6 Å². The smallest absolute Gasteiger partial charge is 0.338 e. The SMILES string of the molecule is CO[C@H]1O[C@@H](COC(=O)c2ccccc2)[C@@H](OC(=O)c2ccccc2)[C@@H]1OC(=O)c1ccccc1. The Morgan fingerprint density at radius 1 is 0.657 bits per heavy atom. The van der Waals surface area contributed by atoms with Crippen molar-refractivity contribution in [2.24, 2.45) is 0 Å². The molecule has 1 fully saturated rings. The van der Waals surface area contributed by atoms with E-state index in [2.05, 4.69) is 0 Å². The Bertz CT molecular complexity index is 1130. The minimum absolute atomic E-state index is 0.250. The fourth-order valence-corrected chi connectivity index (χ4v) is 3.63. The Kier molecular flexibility index (Phi) is 7.87. The van der Waals surface area contributed by atoms with E-state index in [4.69, 9.17) is 23.7 Å². The molecule has 0 aliphatic carbocycles. The third-order valence-corrected chi connectivity index (χ3v) is 5.39. The quantitative estimate of drug-likeness (QED) is 0.359. The van der Waals surface area contributed by atoms with Gasteiger partial charge in [-0.2, -0.15) is 0 Å². The first-order valence-corrected chi connectivity index (χ1v) is 11.0. The van der Waals surface area contributed by atoms with Gasteiger partial charge < -0.3 is 23.7 Å². The molecule has 0 aromatic heterocycles. The first-order valence-electron chi connectivity index (χ1n) is 11.0. The van der Waals surface area contributed by atoms with Gasteiger partial charge in [0, 0.05) is 7.11 Å². The van der Waals surface area contributed by atoms with Crippen molar-refractivity contribution < 1.29 is 38.1 Å². The van der Waals surface area contributed by atoms with E-state index < -0.39 is 42.5 Å². The molecule has 0 N–H and O–H groups in total. The van der Waals surface area contributed by atoms with Crippen LogP contribution < -0.4 is 0 Å². The molecule has 1 heterocycles. The van der Waals surface area contributed by atoms with Gasteiger partial charge in [-0.3, -0.25) is 0 Å². The summed E-state index contributed by atoms with van der Waals surface area (Å²) < 4.78 is 28.0. The summed E-state index contributed by atoms with van der Waals surface area (Å²) >= 11 is 0. The van der Waals surface area contributed by atoms with E-state index in [1.807, 2.05) is 0 Å². The van der Waals surface area contributed by atoms with Gasteiger partial charge in [0.25, 0.3) is 0 Å². The molecule has 1 saturated heterocycles. The van der Waals surface area contributed by atoms with E-state index in [9.17, 15) is 14.4 Å². The molecule has 4 atom stereocenters. The Labute approximate surface area is 202 Å². The number of carbonyl (C=O) groups excluding carboxylic acids is 3. The molecule has 8 nitrogen and oxygen atoms in total. The molecule has 0 unspecified atom stereocenters. The van der Waals surface area contributed by atoms with Crippen LogP contribution in [0.25, 0.3) is 0 Å². The van der Waals surface area contributed by atoms with E-state index >= 15 is 0 Å². The second-order valence-corrected chi connectivity index (χ2v) is 7.72. The molecule has 0 radical (unpaired) electrons. The fourth-order valence-electron chi connectivity index (χ4n) is 3.63. The summed E-state index contributed by atoms with van der Waals surface area (Å²) in [5.74, 6) is -1.85. The Morgan fingerprint density at radius 3 is 1.54 bits per heavy atom. The summed E-state index contributed by atoms with van der Waals surface area (Å²) in [6.07, 6.45) is -4.17. The van der Waals surface area contributed by atoms with Crippen LogP contribution in [-0.4, -0.2) is 56.2 Å². The standard InChI is InChI=1S/C27H24O8/c1-31-27-23(35-26(30)20-15-9-4-10-16-20)22(34-25(29)19-13-7-3-8-14-19)21(33-27)17-32-24(28)18-11-5-2-6-12-18/h2-16,21-23,27H,17H2,1H3/t21-,22+,23-,27-/m0/s1. The molecule has 0 amide bonds. The zero-order valence-corrected chi connectivity index (χ0v) is 18.9. The van der Waals surface area contributed by atoms with Crippen molar-refractivity contribution in [2.75, 3.05) is 13.7 Å². The van der Waals surface area contributed by atoms with Crippen molar-refractivity contribution >= 4 is 17.9 Å². The number of benzene rings is 3. The van der Waals surface area contributed by atoms with Crippen molar-refractivity contribution in [3.63, 3.8) is 0 Å². The number of hydrogen-bond donors (Lipinski definition) is 0. The maximum atomic E-state index is 12.8. The zero-order chi connectivity index (χ0) is 24.6. The van der Waals surface area contributed by atoms with E-state index in [0.29, 0.717) is 16.7 Å². The van der Waals surface area contributed by atoms with Gasteiger partial charge in [-0.25, -0.2) is 14.4 Å². The van der Waals surface area contributed by atoms with Gasteiger partial charge >= 0.3 is 17.9 Å². The lowest BCUT2D eigenvalue weighted by molar-refractivity contribution is -0.155. The highest BCUT2D eigenvalue weighted by atomic mass is 16.7. The van der Waals surface area contributed by atoms with Gasteiger partial charge in [0.2, 0.25) is 0 Å². The third kappa shape index (κ3) is 5.92. The number of ether oxygens (including phenoxy) is 5. The molecule has 1 aliphatic heterocycles. The predicted molar refractivity (Wildman–Crippen MR) is 124 cm³/mol. The lowest BCUT2D eigenvalue weighted by Gasteiger charge is -2.24. The summed E-state index contributed by atoms with van der Waals surface area (Å²) in [7, 11) is 1.38. The molecule has 3 aromatic rings. The summed E-state index contributed by atoms with van der Waals surface area (Å²) in [6, 6.07) is 25.2. The van der Waals surface area contributed by atoms with Crippen molar-refractivity contribution in [1.82, 2.24) is 0 Å². The van der Waals surface area contributed by atoms with Gasteiger partial charge in [0.15, 0.2) is 18.5 Å². The summed E-state index contributed by atoms with van der Waals surface area (Å²) in [6.45, 7) is -0.250. The number of esters is 3. The van der Waals surface area contributed by atoms with Crippen LogP contribution in [-0.2, 0) is 23.7 Å². The van der Waals surface area contributed by atoms with Crippen molar-refractivity contribution in [1.29, 1.82) is 0 Å². The fraction of sp³-hybridized carbons (Fsp3) is 0.222. The number of rotatable bonds is 8. The number of carbonyl (C=O) groups is 3. The molecule has 1 aliphatic rings. The predicted octanol–water partition coefficient (Wildman–Crippen LogP) is 3.67. The van der Waals surface area contributed by atoms with Gasteiger partial charge in [0.05, 0.1) is 16.7 Å². The van der Waals surface area contributed by atoms with Crippen LogP contribution >= 0.6 is 0 Å². The monoisotopic (exact) mass is 476 g/mol. The van der Waals surface area contributed by atoms with Crippen LogP contribution in [0.3, 0.4) is 0 Å². The zero-order valence-electron chi connectivity index (χ0n) is 18.9.